The second kappa shape index (κ2) is 2.88. The molecule has 0 radical (unpaired) electrons. The Morgan fingerprint density at radius 3 is 2.67 bits per heavy atom. The maximum absolute atomic E-state index is 10.3. The van der Waals surface area contributed by atoms with Crippen molar-refractivity contribution in [3.05, 3.63) is 23.4 Å². The van der Waals surface area contributed by atoms with Crippen molar-refractivity contribution in [1.82, 2.24) is 4.98 Å². The number of nitriles is 1. The predicted molar refractivity (Wildman–Crippen MR) is 37.6 cm³/mol. The molecule has 0 aromatic carbocycles. The smallest absolute Gasteiger partial charge is 0.341 e. The van der Waals surface area contributed by atoms with Gasteiger partial charge in [0.05, 0.1) is 0 Å². The van der Waals surface area contributed by atoms with E-state index in [9.17, 15) is 4.79 Å². The van der Waals surface area contributed by atoms with Crippen molar-refractivity contribution in [3.63, 3.8) is 0 Å². The van der Waals surface area contributed by atoms with Crippen molar-refractivity contribution in [2.75, 3.05) is 0 Å². The van der Waals surface area contributed by atoms with Gasteiger partial charge in [0, 0.05) is 0 Å². The zero-order valence-corrected chi connectivity index (χ0v) is 5.85. The first-order chi connectivity index (χ1) is 5.65. The van der Waals surface area contributed by atoms with Crippen LogP contribution in [0.2, 0.25) is 0 Å². The number of carboxylic acid groups (broad SMARTS) is 1. The van der Waals surface area contributed by atoms with Crippen LogP contribution in [0.25, 0.3) is 0 Å². The molecule has 0 aliphatic rings. The van der Waals surface area contributed by atoms with Crippen LogP contribution >= 0.6 is 0 Å². The van der Waals surface area contributed by atoms with E-state index in [0.29, 0.717) is 0 Å². The molecule has 1 aromatic rings. The molecule has 1 rings (SSSR count). The molecule has 0 atom stereocenters. The summed E-state index contributed by atoms with van der Waals surface area (Å²) in [5.41, 5.74) is -0.327. The third-order valence-electron chi connectivity index (χ3n) is 1.22. The number of hydrogen-bond donors (Lipinski definition) is 2. The van der Waals surface area contributed by atoms with Crippen LogP contribution in [0.4, 0.5) is 0 Å². The topological polar surface area (TPSA) is 94.2 Å². The van der Waals surface area contributed by atoms with E-state index in [1.807, 2.05) is 0 Å². The van der Waals surface area contributed by atoms with E-state index in [-0.39, 0.29) is 11.3 Å². The number of rotatable bonds is 1. The summed E-state index contributed by atoms with van der Waals surface area (Å²) < 4.78 is 0. The Morgan fingerprint density at radius 1 is 1.58 bits per heavy atom. The van der Waals surface area contributed by atoms with Gasteiger partial charge in [-0.3, -0.25) is 0 Å². The second-order valence-corrected chi connectivity index (χ2v) is 1.98. The molecule has 0 aliphatic heterocycles. The summed E-state index contributed by atoms with van der Waals surface area (Å²) in [5.74, 6) is -1.91. The first-order valence-corrected chi connectivity index (χ1v) is 2.98. The average molecular weight is 164 g/mol. The molecule has 2 N–H and O–H groups in total. The molecule has 0 saturated heterocycles. The van der Waals surface area contributed by atoms with Crippen LogP contribution in [0.15, 0.2) is 12.1 Å². The SMILES string of the molecule is N#Cc1ccc(C(=O)O)c(O)n1. The summed E-state index contributed by atoms with van der Waals surface area (Å²) in [6.45, 7) is 0. The van der Waals surface area contributed by atoms with Crippen LogP contribution in [-0.2, 0) is 0 Å². The molecule has 60 valence electrons. The molecular formula is C7H4N2O3. The third-order valence-corrected chi connectivity index (χ3v) is 1.22. The van der Waals surface area contributed by atoms with Gasteiger partial charge in [0.15, 0.2) is 0 Å². The van der Waals surface area contributed by atoms with Gasteiger partial charge in [-0.25, -0.2) is 9.78 Å². The normalized spacial score (nSPS) is 8.92. The van der Waals surface area contributed by atoms with Gasteiger partial charge in [-0.2, -0.15) is 5.26 Å². The fourth-order valence-electron chi connectivity index (χ4n) is 0.678. The van der Waals surface area contributed by atoms with Gasteiger partial charge in [-0.15, -0.1) is 0 Å². The van der Waals surface area contributed by atoms with Crippen LogP contribution in [0, 0.1) is 11.3 Å². The molecule has 0 amide bonds. The monoisotopic (exact) mass is 164 g/mol. The van der Waals surface area contributed by atoms with Crippen molar-refractivity contribution in [3.8, 4) is 11.9 Å². The van der Waals surface area contributed by atoms with Crippen molar-refractivity contribution in [1.29, 1.82) is 5.26 Å². The van der Waals surface area contributed by atoms with Crippen LogP contribution in [0.3, 0.4) is 0 Å². The summed E-state index contributed by atoms with van der Waals surface area (Å²) in [4.78, 5) is 13.7. The van der Waals surface area contributed by atoms with Gasteiger partial charge in [0.1, 0.15) is 17.3 Å². The second-order valence-electron chi connectivity index (χ2n) is 1.98. The molecule has 0 saturated carbocycles. The van der Waals surface area contributed by atoms with Crippen LogP contribution in [0.1, 0.15) is 16.1 Å². The number of aromatic hydroxyl groups is 1. The molecule has 0 bridgehead atoms. The maximum Gasteiger partial charge on any atom is 0.341 e. The number of carbonyl (C=O) groups is 1. The summed E-state index contributed by atoms with van der Waals surface area (Å²) in [6, 6.07) is 4.02. The number of pyridine rings is 1. The minimum absolute atomic E-state index is 0.0162. The van der Waals surface area contributed by atoms with E-state index in [4.69, 9.17) is 15.5 Å². The molecule has 0 spiro atoms. The molecular weight excluding hydrogens is 160 g/mol. The summed E-state index contributed by atoms with van der Waals surface area (Å²) in [7, 11) is 0. The molecule has 5 heteroatoms. The third kappa shape index (κ3) is 1.32. The fourth-order valence-corrected chi connectivity index (χ4v) is 0.678. The largest absolute Gasteiger partial charge is 0.493 e. The summed E-state index contributed by atoms with van der Waals surface area (Å²) in [6.07, 6.45) is 0. The highest BCUT2D eigenvalue weighted by Gasteiger charge is 2.10. The Labute approximate surface area is 67.5 Å². The lowest BCUT2D eigenvalue weighted by Crippen LogP contribution is -1.98. The van der Waals surface area contributed by atoms with E-state index < -0.39 is 11.8 Å². The number of hydrogen-bond acceptors (Lipinski definition) is 4. The summed E-state index contributed by atoms with van der Waals surface area (Å²) >= 11 is 0. The zero-order valence-electron chi connectivity index (χ0n) is 5.85. The van der Waals surface area contributed by atoms with Gasteiger partial charge in [0.25, 0.3) is 0 Å². The van der Waals surface area contributed by atoms with E-state index in [1.165, 1.54) is 6.07 Å². The molecule has 1 aromatic heterocycles. The van der Waals surface area contributed by atoms with Gasteiger partial charge < -0.3 is 10.2 Å². The number of aromatic nitrogens is 1. The Hall–Kier alpha value is -2.09. The van der Waals surface area contributed by atoms with Gasteiger partial charge >= 0.3 is 5.97 Å². The number of carboxylic acids is 1. The molecule has 5 nitrogen and oxygen atoms in total. The van der Waals surface area contributed by atoms with Crippen LogP contribution in [-0.4, -0.2) is 21.2 Å². The molecule has 1 heterocycles. The number of aromatic carboxylic acids is 1. The maximum atomic E-state index is 10.3. The van der Waals surface area contributed by atoms with Crippen molar-refractivity contribution in [2.45, 2.75) is 0 Å². The molecule has 0 unspecified atom stereocenters. The van der Waals surface area contributed by atoms with Gasteiger partial charge in [-0.1, -0.05) is 0 Å². The predicted octanol–water partition coefficient (Wildman–Crippen LogP) is 0.357. The number of nitrogens with zero attached hydrogens (tertiary/aromatic N) is 2. The molecule has 0 fully saturated rings. The summed E-state index contributed by atoms with van der Waals surface area (Å²) in [5, 5.41) is 25.7. The van der Waals surface area contributed by atoms with E-state index in [1.54, 1.807) is 6.07 Å². The van der Waals surface area contributed by atoms with Crippen molar-refractivity contribution in [2.24, 2.45) is 0 Å². The highest BCUT2D eigenvalue weighted by molar-refractivity contribution is 5.90. The lowest BCUT2D eigenvalue weighted by atomic mass is 10.2. The standard InChI is InChI=1S/C7H4N2O3/c8-3-4-1-2-5(7(11)12)6(10)9-4/h1-2H,(H,9,10)(H,11,12). The Kier molecular flexibility index (Phi) is 1.92. The van der Waals surface area contributed by atoms with Crippen molar-refractivity contribution >= 4 is 5.97 Å². The Balaban J connectivity index is 3.23. The highest BCUT2D eigenvalue weighted by atomic mass is 16.4. The molecule has 0 aliphatic carbocycles. The minimum Gasteiger partial charge on any atom is -0.493 e. The van der Waals surface area contributed by atoms with E-state index >= 15 is 0 Å². The lowest BCUT2D eigenvalue weighted by Gasteiger charge is -1.96. The quantitative estimate of drug-likeness (QED) is 0.624. The first-order valence-electron chi connectivity index (χ1n) is 2.98. The molecule has 12 heavy (non-hydrogen) atoms. The zero-order chi connectivity index (χ0) is 9.14. The van der Waals surface area contributed by atoms with Crippen LogP contribution < -0.4 is 0 Å². The highest BCUT2D eigenvalue weighted by Crippen LogP contribution is 2.13. The van der Waals surface area contributed by atoms with E-state index in [2.05, 4.69) is 4.98 Å². The fraction of sp³-hybridized carbons (Fsp3) is 0. The lowest BCUT2D eigenvalue weighted by molar-refractivity contribution is 0.0693. The van der Waals surface area contributed by atoms with E-state index in [0.717, 1.165) is 6.07 Å². The Bertz CT molecular complexity index is 367. The minimum atomic E-state index is -1.27. The van der Waals surface area contributed by atoms with Gasteiger partial charge in [-0.05, 0) is 12.1 Å². The van der Waals surface area contributed by atoms with Crippen molar-refractivity contribution < 1.29 is 15.0 Å². The average Bonchev–Trinajstić information content (AvgIpc) is 2.03. The van der Waals surface area contributed by atoms with Crippen LogP contribution in [0.5, 0.6) is 5.88 Å². The first kappa shape index (κ1) is 8.01. The Morgan fingerprint density at radius 2 is 2.25 bits per heavy atom. The van der Waals surface area contributed by atoms with Gasteiger partial charge in [0.2, 0.25) is 5.88 Å².